The van der Waals surface area contributed by atoms with E-state index < -0.39 is 28.4 Å². The Kier molecular flexibility index (Phi) is 5.76. The number of carbonyl (C=O) groups excluding carboxylic acids is 2. The normalized spacial score (nSPS) is 17.3. The number of amides is 1. The zero-order valence-corrected chi connectivity index (χ0v) is 19.8. The number of non-ortho nitro benzene ring substituents is 1. The van der Waals surface area contributed by atoms with E-state index in [1.165, 1.54) is 42.5 Å². The van der Waals surface area contributed by atoms with Gasteiger partial charge in [0.1, 0.15) is 5.76 Å². The number of carbonyl (C=O) groups is 2. The van der Waals surface area contributed by atoms with Crippen molar-refractivity contribution in [1.29, 1.82) is 0 Å². The quantitative estimate of drug-likeness (QED) is 0.112. The van der Waals surface area contributed by atoms with Gasteiger partial charge < -0.3 is 5.11 Å². The Balaban J connectivity index is 1.75. The molecule has 35 heavy (non-hydrogen) atoms. The monoisotopic (exact) mass is 525 g/mol. The second-order valence-corrected chi connectivity index (χ2v) is 9.52. The lowest BCUT2D eigenvalue weighted by atomic mass is 9.95. The Bertz CT molecular complexity index is 1570. The largest absolute Gasteiger partial charge is 0.507 e. The van der Waals surface area contributed by atoms with Gasteiger partial charge in [0.05, 0.1) is 26.8 Å². The molecule has 0 bridgehead atoms. The number of benzene rings is 3. The maximum Gasteiger partial charge on any atom is 0.301 e. The lowest BCUT2D eigenvalue weighted by Crippen LogP contribution is -2.29. The molecule has 3 aromatic carbocycles. The average molecular weight is 526 g/mol. The molecule has 1 atom stereocenters. The Hall–Kier alpha value is -3.79. The summed E-state index contributed by atoms with van der Waals surface area (Å²) >= 11 is 13.2. The molecule has 8 nitrogen and oxygen atoms in total. The van der Waals surface area contributed by atoms with Crippen LogP contribution in [0.5, 0.6) is 0 Å². The molecular weight excluding hydrogens is 513 g/mol. The van der Waals surface area contributed by atoms with E-state index in [-0.39, 0.29) is 27.5 Å². The fourth-order valence-electron chi connectivity index (χ4n) is 3.91. The van der Waals surface area contributed by atoms with Crippen LogP contribution in [0.4, 0.5) is 10.8 Å². The fourth-order valence-corrected chi connectivity index (χ4v) is 5.30. The molecule has 1 N–H and O–H groups in total. The van der Waals surface area contributed by atoms with Gasteiger partial charge in [-0.2, -0.15) is 0 Å². The van der Waals surface area contributed by atoms with E-state index in [2.05, 4.69) is 4.98 Å². The number of aliphatic hydroxyl groups is 1. The highest BCUT2D eigenvalue weighted by atomic mass is 35.5. The van der Waals surface area contributed by atoms with Crippen LogP contribution in [0.3, 0.4) is 0 Å². The topological polar surface area (TPSA) is 114 Å². The van der Waals surface area contributed by atoms with Crippen LogP contribution < -0.4 is 4.90 Å². The van der Waals surface area contributed by atoms with E-state index in [1.54, 1.807) is 24.3 Å². The predicted octanol–water partition coefficient (Wildman–Crippen LogP) is 6.14. The molecule has 1 unspecified atom stereocenters. The number of aliphatic hydroxyl groups excluding tert-OH is 1. The van der Waals surface area contributed by atoms with E-state index in [4.69, 9.17) is 23.2 Å². The fraction of sp³-hybridized carbons (Fsp3) is 0.0417. The van der Waals surface area contributed by atoms with Crippen molar-refractivity contribution < 1.29 is 19.6 Å². The number of anilines is 1. The summed E-state index contributed by atoms with van der Waals surface area (Å²) in [5, 5.41) is 23.6. The number of aromatic nitrogens is 1. The van der Waals surface area contributed by atoms with E-state index in [9.17, 15) is 24.8 Å². The molecule has 11 heteroatoms. The summed E-state index contributed by atoms with van der Waals surface area (Å²) in [6.07, 6.45) is 0. The van der Waals surface area contributed by atoms with E-state index in [0.717, 1.165) is 16.2 Å². The third kappa shape index (κ3) is 4.03. The predicted molar refractivity (Wildman–Crippen MR) is 134 cm³/mol. The summed E-state index contributed by atoms with van der Waals surface area (Å²) < 4.78 is 0.685. The molecule has 2 heterocycles. The number of fused-ring (bicyclic) bond motifs is 1. The Morgan fingerprint density at radius 2 is 1.74 bits per heavy atom. The molecule has 5 rings (SSSR count). The number of thiazole rings is 1. The van der Waals surface area contributed by atoms with Crippen molar-refractivity contribution in [2.75, 3.05) is 4.90 Å². The summed E-state index contributed by atoms with van der Waals surface area (Å²) in [7, 11) is 0. The van der Waals surface area contributed by atoms with Crippen LogP contribution in [-0.4, -0.2) is 26.7 Å². The van der Waals surface area contributed by atoms with Gasteiger partial charge in [0.2, 0.25) is 0 Å². The van der Waals surface area contributed by atoms with Crippen molar-refractivity contribution in [1.82, 2.24) is 4.98 Å². The number of rotatable bonds is 4. The van der Waals surface area contributed by atoms with Crippen LogP contribution in [0.15, 0.2) is 72.3 Å². The first kappa shape index (κ1) is 23.0. The van der Waals surface area contributed by atoms with Gasteiger partial charge in [0.15, 0.2) is 5.13 Å². The Morgan fingerprint density at radius 3 is 2.46 bits per heavy atom. The number of ketones is 1. The van der Waals surface area contributed by atoms with Crippen molar-refractivity contribution in [3.8, 4) is 0 Å². The second-order valence-electron chi connectivity index (χ2n) is 7.64. The molecule has 1 fully saturated rings. The molecule has 4 aromatic rings. The van der Waals surface area contributed by atoms with Crippen molar-refractivity contribution in [3.05, 3.63) is 104 Å². The molecule has 0 saturated carbocycles. The first-order valence-corrected chi connectivity index (χ1v) is 11.7. The first-order chi connectivity index (χ1) is 16.7. The maximum absolute atomic E-state index is 13.3. The Labute approximate surface area is 211 Å². The average Bonchev–Trinajstić information content (AvgIpc) is 3.37. The van der Waals surface area contributed by atoms with Crippen molar-refractivity contribution in [3.63, 3.8) is 0 Å². The summed E-state index contributed by atoms with van der Waals surface area (Å²) in [6, 6.07) is 15.5. The second kappa shape index (κ2) is 8.77. The first-order valence-electron chi connectivity index (χ1n) is 10.1. The number of hydrogen-bond acceptors (Lipinski definition) is 7. The number of nitro benzene ring substituents is 1. The van der Waals surface area contributed by atoms with E-state index in [1.807, 2.05) is 0 Å². The highest BCUT2D eigenvalue weighted by molar-refractivity contribution is 7.22. The van der Waals surface area contributed by atoms with Crippen LogP contribution in [0.25, 0.3) is 16.0 Å². The van der Waals surface area contributed by atoms with Gasteiger partial charge in [-0.1, -0.05) is 46.7 Å². The highest BCUT2D eigenvalue weighted by Crippen LogP contribution is 2.45. The minimum atomic E-state index is -1.15. The zero-order valence-electron chi connectivity index (χ0n) is 17.5. The van der Waals surface area contributed by atoms with Gasteiger partial charge in [-0.25, -0.2) is 4.98 Å². The number of nitrogens with zero attached hydrogens (tertiary/aromatic N) is 3. The van der Waals surface area contributed by atoms with E-state index >= 15 is 0 Å². The van der Waals surface area contributed by atoms with Crippen molar-refractivity contribution in [2.24, 2.45) is 0 Å². The molecule has 1 aliphatic rings. The molecule has 174 valence electrons. The number of nitro groups is 1. The Morgan fingerprint density at radius 1 is 1.03 bits per heavy atom. The van der Waals surface area contributed by atoms with Crippen molar-refractivity contribution >= 4 is 73.0 Å². The third-order valence-corrected chi connectivity index (χ3v) is 7.01. The summed E-state index contributed by atoms with van der Waals surface area (Å²) in [4.78, 5) is 43.0. The standard InChI is InChI=1S/C24H13Cl2N3O5S/c25-14-6-4-12(5-7-14)21(30)19-20(13-2-1-3-16(10-13)29(33)34)28(23(32)22(19)31)24-27-17-9-8-15(26)11-18(17)35-24/h1-11,20,30H. The molecule has 1 aliphatic heterocycles. The van der Waals surface area contributed by atoms with Crippen LogP contribution in [0.2, 0.25) is 10.0 Å². The van der Waals surface area contributed by atoms with Gasteiger partial charge >= 0.3 is 5.91 Å². The molecule has 0 radical (unpaired) electrons. The summed E-state index contributed by atoms with van der Waals surface area (Å²) in [5.74, 6) is -2.28. The lowest BCUT2D eigenvalue weighted by Gasteiger charge is -2.22. The SMILES string of the molecule is O=C1C(=O)N(c2nc3ccc(Cl)cc3s2)C(c2cccc([N+](=O)[O-])c2)C1=C(O)c1ccc(Cl)cc1. The van der Waals surface area contributed by atoms with Crippen molar-refractivity contribution in [2.45, 2.75) is 6.04 Å². The number of Topliss-reactive ketones (excluding diaryl/α,β-unsaturated/α-hetero) is 1. The molecule has 0 spiro atoms. The molecular formula is C24H13Cl2N3O5S. The van der Waals surface area contributed by atoms with E-state index in [0.29, 0.717) is 20.3 Å². The molecule has 1 aromatic heterocycles. The van der Waals surface area contributed by atoms with Crippen LogP contribution >= 0.6 is 34.5 Å². The van der Waals surface area contributed by atoms with Gasteiger partial charge in [0.25, 0.3) is 11.5 Å². The number of halogens is 2. The van der Waals surface area contributed by atoms with Crippen LogP contribution in [0, 0.1) is 10.1 Å². The summed E-state index contributed by atoms with van der Waals surface area (Å²) in [6.45, 7) is 0. The highest BCUT2D eigenvalue weighted by Gasteiger charge is 2.48. The van der Waals surface area contributed by atoms with Gasteiger partial charge in [0, 0.05) is 27.7 Å². The molecule has 1 amide bonds. The zero-order chi connectivity index (χ0) is 24.9. The molecule has 1 saturated heterocycles. The van der Waals surface area contributed by atoms with Crippen LogP contribution in [-0.2, 0) is 9.59 Å². The molecule has 0 aliphatic carbocycles. The smallest absolute Gasteiger partial charge is 0.301 e. The van der Waals surface area contributed by atoms with Gasteiger partial charge in [-0.15, -0.1) is 0 Å². The minimum absolute atomic E-state index is 0.191. The van der Waals surface area contributed by atoms with Crippen LogP contribution in [0.1, 0.15) is 17.2 Å². The van der Waals surface area contributed by atoms with Gasteiger partial charge in [-0.3, -0.25) is 24.6 Å². The summed E-state index contributed by atoms with van der Waals surface area (Å²) in [5.41, 5.74) is 0.655. The maximum atomic E-state index is 13.3. The lowest BCUT2D eigenvalue weighted by molar-refractivity contribution is -0.384. The van der Waals surface area contributed by atoms with Gasteiger partial charge in [-0.05, 0) is 48.0 Å². The number of hydrogen-bond donors (Lipinski definition) is 1. The third-order valence-electron chi connectivity index (χ3n) is 5.50. The minimum Gasteiger partial charge on any atom is -0.507 e.